The molecular formula is C86H168O17P2. The average Bonchev–Trinajstić information content (AvgIpc) is 1.32. The van der Waals surface area contributed by atoms with Crippen LogP contribution in [0.2, 0.25) is 0 Å². The fraction of sp³-hybridized carbons (Fsp3) is 0.953. The minimum atomic E-state index is -4.97. The predicted molar refractivity (Wildman–Crippen MR) is 432 cm³/mol. The van der Waals surface area contributed by atoms with Crippen molar-refractivity contribution in [1.82, 2.24) is 0 Å². The second-order valence-corrected chi connectivity index (χ2v) is 34.8. The number of phosphoric ester groups is 2. The van der Waals surface area contributed by atoms with E-state index in [0.29, 0.717) is 25.7 Å². The second kappa shape index (κ2) is 77.4. The van der Waals surface area contributed by atoms with Crippen LogP contribution in [0.5, 0.6) is 0 Å². The van der Waals surface area contributed by atoms with Crippen molar-refractivity contribution >= 4 is 39.5 Å². The third kappa shape index (κ3) is 79.9. The van der Waals surface area contributed by atoms with Crippen LogP contribution in [0.4, 0.5) is 0 Å². The molecule has 0 saturated carbocycles. The molecule has 0 aromatic heterocycles. The van der Waals surface area contributed by atoms with Crippen LogP contribution < -0.4 is 0 Å². The number of carbonyl (C=O) groups is 4. The zero-order valence-corrected chi connectivity index (χ0v) is 70.8. The molecule has 0 aromatic rings. The summed E-state index contributed by atoms with van der Waals surface area (Å²) in [5.41, 5.74) is 0. The lowest BCUT2D eigenvalue weighted by Crippen LogP contribution is -2.30. The largest absolute Gasteiger partial charge is 0.472 e. The van der Waals surface area contributed by atoms with Gasteiger partial charge in [0.15, 0.2) is 12.2 Å². The van der Waals surface area contributed by atoms with Crippen LogP contribution in [0.3, 0.4) is 0 Å². The van der Waals surface area contributed by atoms with Crippen molar-refractivity contribution in [3.05, 3.63) is 0 Å². The maximum Gasteiger partial charge on any atom is 0.472 e. The number of aliphatic hydroxyl groups excluding tert-OH is 1. The molecule has 0 aromatic carbocycles. The number of ether oxygens (including phenoxy) is 4. The van der Waals surface area contributed by atoms with Crippen molar-refractivity contribution in [3.8, 4) is 0 Å². The summed E-state index contributed by atoms with van der Waals surface area (Å²) in [5, 5.41) is 10.7. The molecule has 0 aliphatic heterocycles. The van der Waals surface area contributed by atoms with E-state index in [1.807, 2.05) is 0 Å². The second-order valence-electron chi connectivity index (χ2n) is 31.9. The monoisotopic (exact) mass is 1540 g/mol. The maximum absolute atomic E-state index is 13.1. The number of phosphoric acid groups is 2. The highest BCUT2D eigenvalue weighted by Gasteiger charge is 2.30. The highest BCUT2D eigenvalue weighted by Crippen LogP contribution is 2.45. The van der Waals surface area contributed by atoms with Crippen LogP contribution in [0.1, 0.15) is 459 Å². The fourth-order valence-electron chi connectivity index (χ4n) is 13.4. The smallest absolute Gasteiger partial charge is 0.462 e. The molecule has 17 nitrogen and oxygen atoms in total. The number of aliphatic hydroxyl groups is 1. The third-order valence-corrected chi connectivity index (χ3v) is 22.1. The molecule has 0 spiro atoms. The van der Waals surface area contributed by atoms with Gasteiger partial charge < -0.3 is 33.8 Å². The Kier molecular flexibility index (Phi) is 76.0. The van der Waals surface area contributed by atoms with Crippen molar-refractivity contribution in [2.45, 2.75) is 477 Å². The molecule has 0 aliphatic carbocycles. The zero-order chi connectivity index (χ0) is 77.1. The quantitative estimate of drug-likeness (QED) is 0.0222. The molecule has 0 saturated heterocycles. The number of rotatable bonds is 85. The molecule has 624 valence electrons. The van der Waals surface area contributed by atoms with Gasteiger partial charge in [-0.2, -0.15) is 0 Å². The van der Waals surface area contributed by atoms with Crippen LogP contribution in [-0.2, 0) is 65.4 Å². The van der Waals surface area contributed by atoms with Crippen molar-refractivity contribution in [2.75, 3.05) is 39.6 Å². The van der Waals surface area contributed by atoms with Gasteiger partial charge in [-0.25, -0.2) is 9.13 Å². The van der Waals surface area contributed by atoms with Gasteiger partial charge in [0.2, 0.25) is 0 Å². The summed E-state index contributed by atoms with van der Waals surface area (Å²) in [6.45, 7) is 9.66. The lowest BCUT2D eigenvalue weighted by Gasteiger charge is -2.21. The van der Waals surface area contributed by atoms with Crippen molar-refractivity contribution in [3.63, 3.8) is 0 Å². The van der Waals surface area contributed by atoms with E-state index in [0.717, 1.165) is 102 Å². The van der Waals surface area contributed by atoms with Crippen LogP contribution in [0, 0.1) is 11.8 Å². The normalized spacial score (nSPS) is 13.8. The summed E-state index contributed by atoms with van der Waals surface area (Å²) in [6, 6.07) is 0. The van der Waals surface area contributed by atoms with E-state index in [-0.39, 0.29) is 25.7 Å². The van der Waals surface area contributed by atoms with Crippen LogP contribution in [0.15, 0.2) is 0 Å². The van der Waals surface area contributed by atoms with Gasteiger partial charge in [0.25, 0.3) is 0 Å². The summed E-state index contributed by atoms with van der Waals surface area (Å²) < 4.78 is 68.9. The van der Waals surface area contributed by atoms with E-state index in [1.165, 1.54) is 276 Å². The van der Waals surface area contributed by atoms with Gasteiger partial charge in [0, 0.05) is 25.7 Å². The molecule has 0 aliphatic rings. The number of unbranched alkanes of at least 4 members (excludes halogenated alkanes) is 55. The van der Waals surface area contributed by atoms with Crippen molar-refractivity contribution < 1.29 is 80.2 Å². The minimum absolute atomic E-state index is 0.108. The molecule has 5 atom stereocenters. The Morgan fingerprint density at radius 2 is 0.438 bits per heavy atom. The standard InChI is InChI=1S/C86H168O17P2/c1-7-9-11-13-15-17-19-21-23-24-25-26-27-28-29-31-37-41-45-53-59-65-71-85(90)102-81(74-96-83(88)68-62-56-50-43-39-35-33-32-34-38-42-48-54-60-66-78(3)4)76-100-104(92,93)98-72-80(87)73-99-105(94,95)101-77-82(75-97-84(89)69-63-57-51-47-46-49-55-61-67-79(5)6)103-86(91)70-64-58-52-44-40-36-30-22-20-18-16-14-12-10-8-2/h78-82,87H,7-77H2,1-6H3,(H,92,93)(H,94,95)/t80-,81-,82-/m1/s1. The Labute approximate surface area is 645 Å². The van der Waals surface area contributed by atoms with E-state index < -0.39 is 97.5 Å². The van der Waals surface area contributed by atoms with Crippen molar-refractivity contribution in [1.29, 1.82) is 0 Å². The van der Waals surface area contributed by atoms with Gasteiger partial charge >= 0.3 is 39.5 Å². The molecule has 19 heteroatoms. The summed E-state index contributed by atoms with van der Waals surface area (Å²) in [5.74, 6) is -0.577. The molecule has 2 unspecified atom stereocenters. The lowest BCUT2D eigenvalue weighted by molar-refractivity contribution is -0.161. The van der Waals surface area contributed by atoms with Gasteiger partial charge in [-0.15, -0.1) is 0 Å². The SMILES string of the molecule is CCCCCCCCCCCCCCCCCCCCCCCCC(=O)O[C@H](COC(=O)CCCCCCCCCCCCCCCCC(C)C)COP(=O)(O)OC[C@@H](O)COP(=O)(O)OC[C@@H](COC(=O)CCCCCCCCCCC(C)C)OC(=O)CCCCCCCCCCCCCCCCC. The van der Waals surface area contributed by atoms with E-state index in [1.54, 1.807) is 0 Å². The van der Waals surface area contributed by atoms with Gasteiger partial charge in [-0.05, 0) is 37.5 Å². The molecular weight excluding hydrogens is 1370 g/mol. The Balaban J connectivity index is 5.23. The van der Waals surface area contributed by atoms with Gasteiger partial charge in [0.1, 0.15) is 19.3 Å². The van der Waals surface area contributed by atoms with E-state index in [2.05, 4.69) is 41.5 Å². The molecule has 0 heterocycles. The maximum atomic E-state index is 13.1. The first-order valence-corrected chi connectivity index (χ1v) is 47.5. The Morgan fingerprint density at radius 3 is 0.648 bits per heavy atom. The Bertz CT molecular complexity index is 2010. The first-order chi connectivity index (χ1) is 50.9. The molecule has 3 N–H and O–H groups in total. The van der Waals surface area contributed by atoms with Crippen molar-refractivity contribution in [2.24, 2.45) is 11.8 Å². The summed E-state index contributed by atoms with van der Waals surface area (Å²) in [6.07, 6.45) is 69.5. The topological polar surface area (TPSA) is 237 Å². The first-order valence-electron chi connectivity index (χ1n) is 44.5. The number of carbonyl (C=O) groups excluding carboxylic acids is 4. The van der Waals surface area contributed by atoms with Gasteiger partial charge in [-0.3, -0.25) is 37.3 Å². The summed E-state index contributed by atoms with van der Waals surface area (Å²) in [4.78, 5) is 73.2. The molecule has 0 radical (unpaired) electrons. The van der Waals surface area contributed by atoms with E-state index in [9.17, 15) is 43.2 Å². The average molecular weight is 1540 g/mol. The van der Waals surface area contributed by atoms with Crippen LogP contribution >= 0.6 is 15.6 Å². The summed E-state index contributed by atoms with van der Waals surface area (Å²) in [7, 11) is -9.93. The molecule has 0 fully saturated rings. The number of esters is 4. The molecule has 0 rings (SSSR count). The van der Waals surface area contributed by atoms with Gasteiger partial charge in [-0.1, -0.05) is 408 Å². The predicted octanol–water partition coefficient (Wildman–Crippen LogP) is 26.2. The molecule has 105 heavy (non-hydrogen) atoms. The number of hydrogen-bond acceptors (Lipinski definition) is 15. The lowest BCUT2D eigenvalue weighted by atomic mass is 10.0. The fourth-order valence-corrected chi connectivity index (χ4v) is 15.0. The first kappa shape index (κ1) is 103. The molecule has 0 bridgehead atoms. The molecule has 0 amide bonds. The van der Waals surface area contributed by atoms with E-state index >= 15 is 0 Å². The van der Waals surface area contributed by atoms with E-state index in [4.69, 9.17) is 37.0 Å². The summed E-state index contributed by atoms with van der Waals surface area (Å²) >= 11 is 0. The Morgan fingerprint density at radius 1 is 0.257 bits per heavy atom. The minimum Gasteiger partial charge on any atom is -0.462 e. The third-order valence-electron chi connectivity index (χ3n) is 20.2. The van der Waals surface area contributed by atoms with Crippen LogP contribution in [-0.4, -0.2) is 96.7 Å². The number of hydrogen-bond donors (Lipinski definition) is 3. The Hall–Kier alpha value is -1.94. The van der Waals surface area contributed by atoms with Crippen LogP contribution in [0.25, 0.3) is 0 Å². The highest BCUT2D eigenvalue weighted by atomic mass is 31.2. The zero-order valence-electron chi connectivity index (χ0n) is 69.0. The highest BCUT2D eigenvalue weighted by molar-refractivity contribution is 7.47. The van der Waals surface area contributed by atoms with Gasteiger partial charge in [0.05, 0.1) is 26.4 Å².